The molecule has 0 bridgehead atoms. The number of anilines is 1. The first-order chi connectivity index (χ1) is 9.35. The van der Waals surface area contributed by atoms with Crippen molar-refractivity contribution in [3.63, 3.8) is 0 Å². The lowest BCUT2D eigenvalue weighted by Crippen LogP contribution is -2.26. The average Bonchev–Trinajstić information content (AvgIpc) is 2.36. The summed E-state index contributed by atoms with van der Waals surface area (Å²) in [5.41, 5.74) is 1.93. The molecule has 1 amide bonds. The Kier molecular flexibility index (Phi) is 5.75. The van der Waals surface area contributed by atoms with Gasteiger partial charge in [-0.3, -0.25) is 10.6 Å². The Morgan fingerprint density at radius 1 is 1.25 bits per heavy atom. The number of hydrogen-bond acceptors (Lipinski definition) is 3. The number of benzene rings is 1. The largest absolute Gasteiger partial charge is 0.389 e. The molecule has 1 aromatic rings. The van der Waals surface area contributed by atoms with E-state index in [1.165, 1.54) is 12.1 Å². The number of unbranched alkanes of at least 4 members (excludes halogenated alkanes) is 1. The smallest absolute Gasteiger partial charge is 0.352 e. The van der Waals surface area contributed by atoms with Gasteiger partial charge in [0.05, 0.1) is 11.3 Å². The molecule has 0 saturated carbocycles. The van der Waals surface area contributed by atoms with Gasteiger partial charge >= 0.3 is 6.18 Å². The van der Waals surface area contributed by atoms with Crippen molar-refractivity contribution in [2.75, 3.05) is 12.0 Å². The Morgan fingerprint density at radius 2 is 1.95 bits per heavy atom. The number of nitrogen functional groups attached to an aromatic ring is 1. The van der Waals surface area contributed by atoms with Gasteiger partial charge < -0.3 is 10.7 Å². The SMILES string of the molecule is NNc1c(F)cccc1C(=O)NCCCCC(F)(F)F. The Bertz CT molecular complexity index is 463. The van der Waals surface area contributed by atoms with Crippen molar-refractivity contribution in [2.45, 2.75) is 25.4 Å². The zero-order valence-corrected chi connectivity index (χ0v) is 10.6. The number of carbonyl (C=O) groups is 1. The second kappa shape index (κ2) is 7.09. The summed E-state index contributed by atoms with van der Waals surface area (Å²) in [5, 5.41) is 2.42. The summed E-state index contributed by atoms with van der Waals surface area (Å²) in [5.74, 6) is 3.84. The van der Waals surface area contributed by atoms with Gasteiger partial charge in [-0.25, -0.2) is 4.39 Å². The fourth-order valence-corrected chi connectivity index (χ4v) is 1.61. The molecule has 0 aliphatic rings. The van der Waals surface area contributed by atoms with Crippen LogP contribution in [0, 0.1) is 5.82 Å². The quantitative estimate of drug-likeness (QED) is 0.327. The fourth-order valence-electron chi connectivity index (χ4n) is 1.61. The first-order valence-electron chi connectivity index (χ1n) is 5.95. The number of alkyl halides is 3. The van der Waals surface area contributed by atoms with Crippen molar-refractivity contribution in [3.05, 3.63) is 29.6 Å². The standard InChI is InChI=1S/C12H15F4N3O/c13-9-5-3-4-8(10(9)19-17)11(20)18-7-2-1-6-12(14,15)16/h3-5,19H,1-2,6-7,17H2,(H,18,20). The lowest BCUT2D eigenvalue weighted by atomic mass is 10.1. The van der Waals surface area contributed by atoms with E-state index in [9.17, 15) is 22.4 Å². The maximum Gasteiger partial charge on any atom is 0.389 e. The number of carbonyl (C=O) groups excluding carboxylic acids is 1. The zero-order valence-electron chi connectivity index (χ0n) is 10.6. The highest BCUT2D eigenvalue weighted by molar-refractivity contribution is 5.99. The molecule has 20 heavy (non-hydrogen) atoms. The van der Waals surface area contributed by atoms with E-state index in [2.05, 4.69) is 10.7 Å². The lowest BCUT2D eigenvalue weighted by Gasteiger charge is -2.10. The predicted octanol–water partition coefficient (Wildman–Crippen LogP) is 2.57. The van der Waals surface area contributed by atoms with Crippen molar-refractivity contribution in [1.29, 1.82) is 0 Å². The Balaban J connectivity index is 2.46. The first-order valence-corrected chi connectivity index (χ1v) is 5.95. The van der Waals surface area contributed by atoms with Gasteiger partial charge in [0, 0.05) is 13.0 Å². The molecule has 4 nitrogen and oxygen atoms in total. The van der Waals surface area contributed by atoms with Crippen LogP contribution in [0.4, 0.5) is 23.2 Å². The molecule has 0 unspecified atom stereocenters. The highest BCUT2D eigenvalue weighted by atomic mass is 19.4. The van der Waals surface area contributed by atoms with Gasteiger partial charge in [-0.2, -0.15) is 13.2 Å². The number of rotatable bonds is 6. The van der Waals surface area contributed by atoms with Gasteiger partial charge in [0.15, 0.2) is 0 Å². The van der Waals surface area contributed by atoms with E-state index in [-0.39, 0.29) is 30.6 Å². The van der Waals surface area contributed by atoms with Crippen LogP contribution in [-0.2, 0) is 0 Å². The van der Waals surface area contributed by atoms with E-state index in [1.807, 2.05) is 0 Å². The minimum Gasteiger partial charge on any atom is -0.352 e. The molecule has 0 aliphatic heterocycles. The Hall–Kier alpha value is -1.83. The van der Waals surface area contributed by atoms with Crippen molar-refractivity contribution in [1.82, 2.24) is 5.32 Å². The third kappa shape index (κ3) is 5.04. The van der Waals surface area contributed by atoms with E-state index in [0.29, 0.717) is 0 Å². The van der Waals surface area contributed by atoms with Crippen LogP contribution >= 0.6 is 0 Å². The molecule has 0 fully saturated rings. The molecule has 0 heterocycles. The highest BCUT2D eigenvalue weighted by Crippen LogP contribution is 2.22. The summed E-state index contributed by atoms with van der Waals surface area (Å²) in [4.78, 5) is 11.7. The summed E-state index contributed by atoms with van der Waals surface area (Å²) >= 11 is 0. The van der Waals surface area contributed by atoms with Crippen LogP contribution in [0.1, 0.15) is 29.6 Å². The van der Waals surface area contributed by atoms with Crippen molar-refractivity contribution in [2.24, 2.45) is 5.84 Å². The average molecular weight is 293 g/mol. The number of nitrogens with two attached hydrogens (primary N) is 1. The number of nitrogens with one attached hydrogen (secondary N) is 2. The molecule has 0 aromatic heterocycles. The van der Waals surface area contributed by atoms with Crippen LogP contribution < -0.4 is 16.6 Å². The molecule has 8 heteroatoms. The number of hydrogen-bond donors (Lipinski definition) is 3. The second-order valence-corrected chi connectivity index (χ2v) is 4.13. The van der Waals surface area contributed by atoms with Crippen LogP contribution in [0.2, 0.25) is 0 Å². The van der Waals surface area contributed by atoms with Gasteiger partial charge in [0.1, 0.15) is 5.82 Å². The minimum atomic E-state index is -4.19. The molecule has 0 spiro atoms. The maximum absolute atomic E-state index is 13.3. The molecule has 4 N–H and O–H groups in total. The highest BCUT2D eigenvalue weighted by Gasteiger charge is 2.25. The number of amides is 1. The van der Waals surface area contributed by atoms with Crippen LogP contribution in [0.5, 0.6) is 0 Å². The van der Waals surface area contributed by atoms with E-state index >= 15 is 0 Å². The fraction of sp³-hybridized carbons (Fsp3) is 0.417. The van der Waals surface area contributed by atoms with Crippen molar-refractivity contribution < 1.29 is 22.4 Å². The molecule has 112 valence electrons. The summed E-state index contributed by atoms with van der Waals surface area (Å²) in [7, 11) is 0. The van der Waals surface area contributed by atoms with Crippen LogP contribution in [-0.4, -0.2) is 18.6 Å². The van der Waals surface area contributed by atoms with E-state index in [4.69, 9.17) is 5.84 Å². The summed E-state index contributed by atoms with van der Waals surface area (Å²) in [6.07, 6.45) is -4.97. The first kappa shape index (κ1) is 16.2. The van der Waals surface area contributed by atoms with E-state index in [0.717, 1.165) is 6.07 Å². The molecule has 1 aromatic carbocycles. The van der Waals surface area contributed by atoms with Crippen LogP contribution in [0.15, 0.2) is 18.2 Å². The van der Waals surface area contributed by atoms with E-state index < -0.39 is 24.3 Å². The summed E-state index contributed by atoms with van der Waals surface area (Å²) in [6, 6.07) is 3.84. The topological polar surface area (TPSA) is 67.1 Å². The van der Waals surface area contributed by atoms with Crippen molar-refractivity contribution in [3.8, 4) is 0 Å². The normalized spacial score (nSPS) is 11.2. The lowest BCUT2D eigenvalue weighted by molar-refractivity contribution is -0.135. The Labute approximate surface area is 113 Å². The molecular weight excluding hydrogens is 278 g/mol. The Morgan fingerprint density at radius 3 is 2.55 bits per heavy atom. The second-order valence-electron chi connectivity index (χ2n) is 4.13. The zero-order chi connectivity index (χ0) is 15.2. The minimum absolute atomic E-state index is 0.00308. The van der Waals surface area contributed by atoms with Crippen molar-refractivity contribution >= 4 is 11.6 Å². The monoisotopic (exact) mass is 293 g/mol. The van der Waals surface area contributed by atoms with Gasteiger partial charge in [-0.05, 0) is 25.0 Å². The van der Waals surface area contributed by atoms with Crippen LogP contribution in [0.25, 0.3) is 0 Å². The molecule has 1 rings (SSSR count). The predicted molar refractivity (Wildman–Crippen MR) is 66.4 cm³/mol. The third-order valence-electron chi connectivity index (χ3n) is 2.58. The summed E-state index contributed by atoms with van der Waals surface area (Å²) < 4.78 is 49.0. The van der Waals surface area contributed by atoms with Gasteiger partial charge in [-0.15, -0.1) is 0 Å². The molecule has 0 saturated heterocycles. The molecular formula is C12H15F4N3O. The number of hydrazine groups is 1. The molecule has 0 radical (unpaired) electrons. The van der Waals surface area contributed by atoms with Gasteiger partial charge in [-0.1, -0.05) is 6.07 Å². The molecule has 0 aliphatic carbocycles. The van der Waals surface area contributed by atoms with Gasteiger partial charge in [0.2, 0.25) is 0 Å². The van der Waals surface area contributed by atoms with E-state index in [1.54, 1.807) is 0 Å². The molecule has 0 atom stereocenters. The van der Waals surface area contributed by atoms with Crippen LogP contribution in [0.3, 0.4) is 0 Å². The number of para-hydroxylation sites is 1. The third-order valence-corrected chi connectivity index (χ3v) is 2.58. The maximum atomic E-state index is 13.3. The summed E-state index contributed by atoms with van der Waals surface area (Å²) in [6.45, 7) is 0.0788. The number of halogens is 4. The van der Waals surface area contributed by atoms with Gasteiger partial charge in [0.25, 0.3) is 5.91 Å².